The van der Waals surface area contributed by atoms with E-state index in [1.807, 2.05) is 29.0 Å². The molecule has 0 aliphatic rings. The predicted molar refractivity (Wildman–Crippen MR) is 81.7 cm³/mol. The lowest BCUT2D eigenvalue weighted by atomic mass is 10.1. The molecule has 4 N–H and O–H groups in total. The molecule has 0 saturated carbocycles. The average molecular weight is 280 g/mol. The Kier molecular flexibility index (Phi) is 3.41. The van der Waals surface area contributed by atoms with Crippen LogP contribution in [-0.4, -0.2) is 15.5 Å². The number of nitrogens with zero attached hydrogens (tertiary/aromatic N) is 2. The van der Waals surface area contributed by atoms with E-state index in [4.69, 9.17) is 11.5 Å². The van der Waals surface area contributed by atoms with Crippen molar-refractivity contribution in [2.24, 2.45) is 11.5 Å². The molecule has 106 valence electrons. The van der Waals surface area contributed by atoms with Crippen LogP contribution in [0.4, 0.5) is 0 Å². The molecule has 0 aliphatic heterocycles. The fourth-order valence-corrected chi connectivity index (χ4v) is 2.32. The standard InChI is InChI=1S/C16H16N4O/c17-8-11-1-3-12(4-2-11)10-20-6-5-13-7-14(15(18)21)9-19-16(13)20/h1-7,9H,8,10,17H2,(H2,18,21). The van der Waals surface area contributed by atoms with Crippen LogP contribution in [0.2, 0.25) is 0 Å². The summed E-state index contributed by atoms with van der Waals surface area (Å²) >= 11 is 0. The first-order valence-electron chi connectivity index (χ1n) is 6.70. The second-order valence-electron chi connectivity index (χ2n) is 4.97. The molecule has 1 aromatic carbocycles. The third kappa shape index (κ3) is 2.64. The van der Waals surface area contributed by atoms with Gasteiger partial charge in [0.2, 0.25) is 5.91 Å². The Bertz CT molecular complexity index is 790. The number of nitrogens with two attached hydrogens (primary N) is 2. The van der Waals surface area contributed by atoms with Crippen molar-refractivity contribution in [3.63, 3.8) is 0 Å². The zero-order valence-electron chi connectivity index (χ0n) is 11.5. The van der Waals surface area contributed by atoms with E-state index in [0.29, 0.717) is 12.1 Å². The molecular formula is C16H16N4O. The molecule has 0 unspecified atom stereocenters. The lowest BCUT2D eigenvalue weighted by Gasteiger charge is -2.06. The molecule has 21 heavy (non-hydrogen) atoms. The number of primary amides is 1. The number of carbonyl (C=O) groups excluding carboxylic acids is 1. The van der Waals surface area contributed by atoms with Crippen molar-refractivity contribution in [1.82, 2.24) is 9.55 Å². The van der Waals surface area contributed by atoms with Crippen LogP contribution in [0.3, 0.4) is 0 Å². The number of aromatic nitrogens is 2. The minimum atomic E-state index is -0.463. The van der Waals surface area contributed by atoms with Crippen molar-refractivity contribution in [2.75, 3.05) is 0 Å². The summed E-state index contributed by atoms with van der Waals surface area (Å²) in [6.07, 6.45) is 3.47. The van der Waals surface area contributed by atoms with E-state index in [1.54, 1.807) is 6.07 Å². The van der Waals surface area contributed by atoms with Gasteiger partial charge in [-0.1, -0.05) is 24.3 Å². The maximum atomic E-state index is 11.2. The van der Waals surface area contributed by atoms with Gasteiger partial charge < -0.3 is 16.0 Å². The number of rotatable bonds is 4. The Morgan fingerprint density at radius 2 is 1.86 bits per heavy atom. The molecule has 5 heteroatoms. The molecule has 5 nitrogen and oxygen atoms in total. The van der Waals surface area contributed by atoms with Crippen molar-refractivity contribution >= 4 is 16.9 Å². The normalized spacial score (nSPS) is 10.9. The van der Waals surface area contributed by atoms with Crippen LogP contribution >= 0.6 is 0 Å². The lowest BCUT2D eigenvalue weighted by molar-refractivity contribution is 0.1000. The van der Waals surface area contributed by atoms with Gasteiger partial charge in [0.25, 0.3) is 0 Å². The maximum absolute atomic E-state index is 11.2. The van der Waals surface area contributed by atoms with Gasteiger partial charge in [0.15, 0.2) is 0 Å². The zero-order valence-corrected chi connectivity index (χ0v) is 11.5. The van der Waals surface area contributed by atoms with Gasteiger partial charge >= 0.3 is 0 Å². The van der Waals surface area contributed by atoms with E-state index in [1.165, 1.54) is 11.8 Å². The van der Waals surface area contributed by atoms with Crippen LogP contribution < -0.4 is 11.5 Å². The first-order valence-corrected chi connectivity index (χ1v) is 6.70. The SMILES string of the molecule is NCc1ccc(Cn2ccc3cc(C(N)=O)cnc32)cc1. The van der Waals surface area contributed by atoms with Gasteiger partial charge in [0.05, 0.1) is 5.56 Å². The first-order chi connectivity index (χ1) is 10.2. The van der Waals surface area contributed by atoms with Crippen LogP contribution in [0, 0.1) is 0 Å². The summed E-state index contributed by atoms with van der Waals surface area (Å²) in [5, 5.41) is 0.907. The maximum Gasteiger partial charge on any atom is 0.250 e. The largest absolute Gasteiger partial charge is 0.366 e. The summed E-state index contributed by atoms with van der Waals surface area (Å²) in [6.45, 7) is 1.27. The minimum absolute atomic E-state index is 0.424. The number of amides is 1. The van der Waals surface area contributed by atoms with Gasteiger partial charge in [-0.3, -0.25) is 4.79 Å². The second kappa shape index (κ2) is 5.38. The highest BCUT2D eigenvalue weighted by Gasteiger charge is 2.07. The molecule has 0 aliphatic carbocycles. The Labute approximate surface area is 122 Å². The molecule has 0 atom stereocenters. The fraction of sp³-hybridized carbons (Fsp3) is 0.125. The van der Waals surface area contributed by atoms with Crippen molar-refractivity contribution in [1.29, 1.82) is 0 Å². The van der Waals surface area contributed by atoms with Crippen molar-refractivity contribution < 1.29 is 4.79 Å². The fourth-order valence-electron chi connectivity index (χ4n) is 2.32. The van der Waals surface area contributed by atoms with E-state index >= 15 is 0 Å². The number of hydrogen-bond acceptors (Lipinski definition) is 3. The van der Waals surface area contributed by atoms with E-state index in [-0.39, 0.29) is 0 Å². The molecule has 0 saturated heterocycles. The summed E-state index contributed by atoms with van der Waals surface area (Å²) in [4.78, 5) is 15.5. The Morgan fingerprint density at radius 3 is 2.52 bits per heavy atom. The van der Waals surface area contributed by atoms with Crippen LogP contribution in [-0.2, 0) is 13.1 Å². The summed E-state index contributed by atoms with van der Waals surface area (Å²) in [7, 11) is 0. The van der Waals surface area contributed by atoms with Crippen LogP contribution in [0.25, 0.3) is 11.0 Å². The summed E-state index contributed by atoms with van der Waals surface area (Å²) in [5.41, 5.74) is 14.4. The molecule has 0 spiro atoms. The van der Waals surface area contributed by atoms with Crippen LogP contribution in [0.5, 0.6) is 0 Å². The highest BCUT2D eigenvalue weighted by molar-refractivity contribution is 5.95. The smallest absolute Gasteiger partial charge is 0.250 e. The monoisotopic (exact) mass is 280 g/mol. The van der Waals surface area contributed by atoms with E-state index in [2.05, 4.69) is 17.1 Å². The third-order valence-corrected chi connectivity index (χ3v) is 3.50. The molecule has 3 aromatic rings. The summed E-state index contributed by atoms with van der Waals surface area (Å²) < 4.78 is 2.04. The Balaban J connectivity index is 1.91. The highest BCUT2D eigenvalue weighted by atomic mass is 16.1. The summed E-state index contributed by atoms with van der Waals surface area (Å²) in [6, 6.07) is 11.9. The van der Waals surface area contributed by atoms with Gasteiger partial charge in [-0.05, 0) is 23.3 Å². The van der Waals surface area contributed by atoms with E-state index < -0.39 is 5.91 Å². The number of benzene rings is 1. The quantitative estimate of drug-likeness (QED) is 0.761. The summed E-state index contributed by atoms with van der Waals surface area (Å²) in [5.74, 6) is -0.463. The number of fused-ring (bicyclic) bond motifs is 1. The van der Waals surface area contributed by atoms with Gasteiger partial charge in [-0.15, -0.1) is 0 Å². The van der Waals surface area contributed by atoms with E-state index in [9.17, 15) is 4.79 Å². The van der Waals surface area contributed by atoms with E-state index in [0.717, 1.165) is 23.1 Å². The molecule has 2 aromatic heterocycles. The molecular weight excluding hydrogens is 264 g/mol. The Morgan fingerprint density at radius 1 is 1.14 bits per heavy atom. The molecule has 0 bridgehead atoms. The van der Waals surface area contributed by atoms with Gasteiger partial charge in [0, 0.05) is 30.9 Å². The number of pyridine rings is 1. The van der Waals surface area contributed by atoms with Crippen molar-refractivity contribution in [3.8, 4) is 0 Å². The predicted octanol–water partition coefficient (Wildman–Crippen LogP) is 1.64. The zero-order chi connectivity index (χ0) is 14.8. The third-order valence-electron chi connectivity index (χ3n) is 3.50. The van der Waals surface area contributed by atoms with Crippen LogP contribution in [0.15, 0.2) is 48.8 Å². The average Bonchev–Trinajstić information content (AvgIpc) is 2.90. The van der Waals surface area contributed by atoms with Gasteiger partial charge in [0.1, 0.15) is 5.65 Å². The van der Waals surface area contributed by atoms with Crippen molar-refractivity contribution in [3.05, 3.63) is 65.5 Å². The first kappa shape index (κ1) is 13.3. The second-order valence-corrected chi connectivity index (χ2v) is 4.97. The number of carbonyl (C=O) groups is 1. The topological polar surface area (TPSA) is 86.9 Å². The van der Waals surface area contributed by atoms with Gasteiger partial charge in [-0.2, -0.15) is 0 Å². The molecule has 2 heterocycles. The molecule has 0 radical (unpaired) electrons. The van der Waals surface area contributed by atoms with Crippen molar-refractivity contribution in [2.45, 2.75) is 13.1 Å². The lowest BCUT2D eigenvalue weighted by Crippen LogP contribution is -2.11. The molecule has 3 rings (SSSR count). The van der Waals surface area contributed by atoms with Crippen LogP contribution in [0.1, 0.15) is 21.5 Å². The number of hydrogen-bond donors (Lipinski definition) is 2. The van der Waals surface area contributed by atoms with Gasteiger partial charge in [-0.25, -0.2) is 4.98 Å². The Hall–Kier alpha value is -2.66. The minimum Gasteiger partial charge on any atom is -0.366 e. The molecule has 0 fully saturated rings. The molecule has 1 amide bonds. The highest BCUT2D eigenvalue weighted by Crippen LogP contribution is 2.16.